The minimum Gasteiger partial charge on any atom is -0.396 e. The first-order valence-corrected chi connectivity index (χ1v) is 5.42. The van der Waals surface area contributed by atoms with Gasteiger partial charge in [0, 0.05) is 31.7 Å². The second-order valence-electron chi connectivity index (χ2n) is 4.14. The molecule has 0 bridgehead atoms. The average molecular weight is 207 g/mol. The molecule has 82 valence electrons. The summed E-state index contributed by atoms with van der Waals surface area (Å²) in [5.41, 5.74) is 1.01. The molecule has 0 radical (unpaired) electrons. The van der Waals surface area contributed by atoms with Crippen molar-refractivity contribution in [1.82, 2.24) is 14.9 Å². The second kappa shape index (κ2) is 4.68. The highest BCUT2D eigenvalue weighted by molar-refractivity contribution is 5.02. The fourth-order valence-electron chi connectivity index (χ4n) is 2.08. The third kappa shape index (κ3) is 2.33. The van der Waals surface area contributed by atoms with Gasteiger partial charge in [0.15, 0.2) is 0 Å². The van der Waals surface area contributed by atoms with Gasteiger partial charge in [0.25, 0.3) is 0 Å². The SMILES string of the molecule is C[C@H](c1cnccn1)N1CC[C@H](CO)C1. The van der Waals surface area contributed by atoms with Crippen molar-refractivity contribution in [2.45, 2.75) is 19.4 Å². The van der Waals surface area contributed by atoms with Crippen molar-refractivity contribution in [1.29, 1.82) is 0 Å². The molecule has 1 fully saturated rings. The summed E-state index contributed by atoms with van der Waals surface area (Å²) in [4.78, 5) is 10.7. The molecule has 1 aliphatic rings. The molecule has 0 aromatic carbocycles. The zero-order valence-corrected chi connectivity index (χ0v) is 9.00. The molecular weight excluding hydrogens is 190 g/mol. The Morgan fingerprint density at radius 2 is 2.47 bits per heavy atom. The van der Waals surface area contributed by atoms with E-state index in [4.69, 9.17) is 5.11 Å². The van der Waals surface area contributed by atoms with E-state index in [2.05, 4.69) is 21.8 Å². The normalized spacial score (nSPS) is 24.3. The predicted molar refractivity (Wildman–Crippen MR) is 57.2 cm³/mol. The summed E-state index contributed by atoms with van der Waals surface area (Å²) in [6.45, 7) is 4.45. The maximum absolute atomic E-state index is 9.08. The number of likely N-dealkylation sites (tertiary alicyclic amines) is 1. The van der Waals surface area contributed by atoms with Crippen LogP contribution >= 0.6 is 0 Å². The van der Waals surface area contributed by atoms with E-state index in [0.29, 0.717) is 18.6 Å². The lowest BCUT2D eigenvalue weighted by Crippen LogP contribution is -2.25. The molecule has 2 rings (SSSR count). The van der Waals surface area contributed by atoms with Gasteiger partial charge in [-0.1, -0.05) is 0 Å². The maximum Gasteiger partial charge on any atom is 0.0755 e. The molecule has 1 aromatic heterocycles. The number of hydrogen-bond acceptors (Lipinski definition) is 4. The highest BCUT2D eigenvalue weighted by atomic mass is 16.3. The van der Waals surface area contributed by atoms with Gasteiger partial charge in [-0.3, -0.25) is 14.9 Å². The fraction of sp³-hybridized carbons (Fsp3) is 0.636. The number of hydrogen-bond donors (Lipinski definition) is 1. The Morgan fingerprint density at radius 1 is 1.60 bits per heavy atom. The summed E-state index contributed by atoms with van der Waals surface area (Å²) in [6, 6.07) is 0.301. The Kier molecular flexibility index (Phi) is 3.28. The van der Waals surface area contributed by atoms with E-state index < -0.39 is 0 Å². The van der Waals surface area contributed by atoms with Crippen molar-refractivity contribution in [2.75, 3.05) is 19.7 Å². The first kappa shape index (κ1) is 10.5. The predicted octanol–water partition coefficient (Wildman–Crippen LogP) is 0.852. The lowest BCUT2D eigenvalue weighted by atomic mass is 10.1. The highest BCUT2D eigenvalue weighted by Gasteiger charge is 2.26. The number of rotatable bonds is 3. The van der Waals surface area contributed by atoms with Crippen LogP contribution in [0.4, 0.5) is 0 Å². The van der Waals surface area contributed by atoms with Gasteiger partial charge in [0.05, 0.1) is 11.7 Å². The molecule has 1 aliphatic heterocycles. The lowest BCUT2D eigenvalue weighted by Gasteiger charge is -2.23. The Morgan fingerprint density at radius 3 is 3.07 bits per heavy atom. The van der Waals surface area contributed by atoms with Gasteiger partial charge in [0.2, 0.25) is 0 Å². The van der Waals surface area contributed by atoms with Crippen LogP contribution in [-0.4, -0.2) is 39.7 Å². The van der Waals surface area contributed by atoms with Gasteiger partial charge in [0.1, 0.15) is 0 Å². The Balaban J connectivity index is 2.00. The highest BCUT2D eigenvalue weighted by Crippen LogP contribution is 2.25. The molecule has 0 unspecified atom stereocenters. The van der Waals surface area contributed by atoms with Crippen LogP contribution < -0.4 is 0 Å². The third-order valence-electron chi connectivity index (χ3n) is 3.13. The molecule has 0 saturated carbocycles. The third-order valence-corrected chi connectivity index (χ3v) is 3.13. The molecule has 15 heavy (non-hydrogen) atoms. The number of aliphatic hydroxyl groups is 1. The van der Waals surface area contributed by atoms with Crippen molar-refractivity contribution in [2.24, 2.45) is 5.92 Å². The summed E-state index contributed by atoms with van der Waals surface area (Å²) in [7, 11) is 0. The van der Waals surface area contributed by atoms with Crippen molar-refractivity contribution < 1.29 is 5.11 Å². The van der Waals surface area contributed by atoms with Gasteiger partial charge >= 0.3 is 0 Å². The van der Waals surface area contributed by atoms with Crippen molar-refractivity contribution in [3.63, 3.8) is 0 Å². The van der Waals surface area contributed by atoms with E-state index in [-0.39, 0.29) is 0 Å². The summed E-state index contributed by atoms with van der Waals surface area (Å²) in [5.74, 6) is 0.434. The van der Waals surface area contributed by atoms with E-state index in [0.717, 1.165) is 25.2 Å². The van der Waals surface area contributed by atoms with E-state index in [1.807, 2.05) is 6.20 Å². The lowest BCUT2D eigenvalue weighted by molar-refractivity contribution is 0.203. The quantitative estimate of drug-likeness (QED) is 0.798. The van der Waals surface area contributed by atoms with Gasteiger partial charge < -0.3 is 5.11 Å². The van der Waals surface area contributed by atoms with E-state index in [1.54, 1.807) is 12.4 Å². The minimum atomic E-state index is 0.295. The van der Waals surface area contributed by atoms with Crippen molar-refractivity contribution in [3.8, 4) is 0 Å². The van der Waals surface area contributed by atoms with Crippen LogP contribution in [0, 0.1) is 5.92 Å². The fourth-order valence-corrected chi connectivity index (χ4v) is 2.08. The molecule has 0 aliphatic carbocycles. The molecule has 0 amide bonds. The molecule has 2 atom stereocenters. The van der Waals surface area contributed by atoms with Crippen LogP contribution in [0.3, 0.4) is 0 Å². The molecular formula is C11H17N3O. The smallest absolute Gasteiger partial charge is 0.0755 e. The molecule has 1 saturated heterocycles. The summed E-state index contributed by atoms with van der Waals surface area (Å²) in [5, 5.41) is 9.08. The molecule has 1 N–H and O–H groups in total. The summed E-state index contributed by atoms with van der Waals surface area (Å²) in [6.07, 6.45) is 6.32. The minimum absolute atomic E-state index is 0.295. The van der Waals surface area contributed by atoms with Gasteiger partial charge in [-0.05, 0) is 25.8 Å². The van der Waals surface area contributed by atoms with Crippen molar-refractivity contribution >= 4 is 0 Å². The largest absolute Gasteiger partial charge is 0.396 e. The maximum atomic E-state index is 9.08. The summed E-state index contributed by atoms with van der Waals surface area (Å²) >= 11 is 0. The Labute approximate surface area is 90.0 Å². The van der Waals surface area contributed by atoms with E-state index >= 15 is 0 Å². The average Bonchev–Trinajstić information content (AvgIpc) is 2.78. The van der Waals surface area contributed by atoms with Crippen LogP contribution in [0.25, 0.3) is 0 Å². The molecule has 1 aromatic rings. The zero-order chi connectivity index (χ0) is 10.7. The second-order valence-corrected chi connectivity index (χ2v) is 4.14. The van der Waals surface area contributed by atoms with E-state index in [9.17, 15) is 0 Å². The van der Waals surface area contributed by atoms with Crippen LogP contribution in [0.2, 0.25) is 0 Å². The van der Waals surface area contributed by atoms with Gasteiger partial charge in [-0.2, -0.15) is 0 Å². The van der Waals surface area contributed by atoms with Crippen molar-refractivity contribution in [3.05, 3.63) is 24.3 Å². The summed E-state index contributed by atoms with van der Waals surface area (Å²) < 4.78 is 0. The van der Waals surface area contributed by atoms with Crippen LogP contribution in [-0.2, 0) is 0 Å². The molecule has 4 nitrogen and oxygen atoms in total. The monoisotopic (exact) mass is 207 g/mol. The van der Waals surface area contributed by atoms with Gasteiger partial charge in [-0.15, -0.1) is 0 Å². The van der Waals surface area contributed by atoms with E-state index in [1.165, 1.54) is 0 Å². The molecule has 0 spiro atoms. The molecule has 2 heterocycles. The van der Waals surface area contributed by atoms with Crippen LogP contribution in [0.15, 0.2) is 18.6 Å². The first-order valence-electron chi connectivity index (χ1n) is 5.42. The topological polar surface area (TPSA) is 49.2 Å². The Hall–Kier alpha value is -1.00. The van der Waals surface area contributed by atoms with Gasteiger partial charge in [-0.25, -0.2) is 0 Å². The Bertz CT molecular complexity index is 304. The number of aromatic nitrogens is 2. The first-order chi connectivity index (χ1) is 7.31. The van der Waals surface area contributed by atoms with Crippen LogP contribution in [0.1, 0.15) is 25.1 Å². The standard InChI is InChI=1S/C11H17N3O/c1-9(11-6-12-3-4-13-11)14-5-2-10(7-14)8-15/h3-4,6,9-10,15H,2,5,7-8H2,1H3/t9-,10+/m1/s1. The number of aliphatic hydroxyl groups excluding tert-OH is 1. The van der Waals surface area contributed by atoms with Crippen LogP contribution in [0.5, 0.6) is 0 Å². The zero-order valence-electron chi connectivity index (χ0n) is 9.00. The number of nitrogens with zero attached hydrogens (tertiary/aromatic N) is 3. The molecule has 4 heteroatoms.